The number of rotatable bonds is 3. The van der Waals surface area contributed by atoms with Crippen molar-refractivity contribution in [1.29, 1.82) is 0 Å². The van der Waals surface area contributed by atoms with E-state index in [0.29, 0.717) is 17.2 Å². The lowest BCUT2D eigenvalue weighted by atomic mass is 10.1. The van der Waals surface area contributed by atoms with Crippen LogP contribution >= 0.6 is 0 Å². The average molecular weight is 243 g/mol. The van der Waals surface area contributed by atoms with E-state index >= 15 is 0 Å². The van der Waals surface area contributed by atoms with E-state index in [4.69, 9.17) is 15.3 Å². The predicted molar refractivity (Wildman–Crippen MR) is 70.0 cm³/mol. The van der Waals surface area contributed by atoms with Gasteiger partial charge in [0.15, 0.2) is 0 Å². The summed E-state index contributed by atoms with van der Waals surface area (Å²) >= 11 is 0. The van der Waals surface area contributed by atoms with Crippen molar-refractivity contribution in [3.05, 3.63) is 47.7 Å². The summed E-state index contributed by atoms with van der Waals surface area (Å²) in [4.78, 5) is 10.4. The van der Waals surface area contributed by atoms with E-state index in [1.165, 1.54) is 6.08 Å². The summed E-state index contributed by atoms with van der Waals surface area (Å²) in [6, 6.07) is 9.16. The Morgan fingerprint density at radius 3 is 2.78 bits per heavy atom. The Hall–Kier alpha value is -2.49. The molecule has 2 rings (SSSR count). The molecule has 4 nitrogen and oxygen atoms in total. The third-order valence-electron chi connectivity index (χ3n) is 2.49. The Kier molecular flexibility index (Phi) is 3.19. The smallest absolute Gasteiger partial charge is 0.328 e. The summed E-state index contributed by atoms with van der Waals surface area (Å²) in [7, 11) is 0. The zero-order valence-electron chi connectivity index (χ0n) is 9.88. The molecule has 92 valence electrons. The number of carboxylic acids is 1. The van der Waals surface area contributed by atoms with Gasteiger partial charge in [0.1, 0.15) is 11.5 Å². The van der Waals surface area contributed by atoms with Gasteiger partial charge in [-0.3, -0.25) is 0 Å². The summed E-state index contributed by atoms with van der Waals surface area (Å²) in [6.07, 6.45) is 2.43. The number of nitrogens with two attached hydrogens (primary N) is 1. The molecule has 0 saturated carbocycles. The van der Waals surface area contributed by atoms with Gasteiger partial charge in [-0.1, -0.05) is 6.07 Å². The Balaban J connectivity index is 2.32. The number of furan rings is 1. The fourth-order valence-corrected chi connectivity index (χ4v) is 1.65. The molecule has 0 radical (unpaired) electrons. The zero-order valence-corrected chi connectivity index (χ0v) is 9.88. The maximum Gasteiger partial charge on any atom is 0.328 e. The molecule has 0 atom stereocenters. The van der Waals surface area contributed by atoms with E-state index < -0.39 is 5.97 Å². The van der Waals surface area contributed by atoms with Gasteiger partial charge in [-0.25, -0.2) is 4.79 Å². The van der Waals surface area contributed by atoms with E-state index in [2.05, 4.69) is 0 Å². The molecule has 3 N–H and O–H groups in total. The molecular weight excluding hydrogens is 230 g/mol. The molecule has 0 amide bonds. The molecule has 1 aromatic carbocycles. The van der Waals surface area contributed by atoms with Crippen LogP contribution in [-0.4, -0.2) is 11.1 Å². The number of anilines is 1. The fourth-order valence-electron chi connectivity index (χ4n) is 1.65. The van der Waals surface area contributed by atoms with Crippen LogP contribution < -0.4 is 5.73 Å². The van der Waals surface area contributed by atoms with Crippen LogP contribution in [0.25, 0.3) is 17.4 Å². The van der Waals surface area contributed by atoms with Gasteiger partial charge in [-0.15, -0.1) is 0 Å². The SMILES string of the molecule is Cc1ccc(-c2ccc(C=CC(=O)O)o2)c(N)c1. The van der Waals surface area contributed by atoms with Crippen LogP contribution in [0.3, 0.4) is 0 Å². The van der Waals surface area contributed by atoms with Crippen molar-refractivity contribution in [3.8, 4) is 11.3 Å². The van der Waals surface area contributed by atoms with Gasteiger partial charge >= 0.3 is 5.97 Å². The maximum atomic E-state index is 10.4. The molecule has 0 saturated heterocycles. The van der Waals surface area contributed by atoms with E-state index in [1.807, 2.05) is 25.1 Å². The number of nitrogen functional groups attached to an aromatic ring is 1. The van der Waals surface area contributed by atoms with Crippen LogP contribution in [0.4, 0.5) is 5.69 Å². The second-order valence-electron chi connectivity index (χ2n) is 3.96. The van der Waals surface area contributed by atoms with Crippen LogP contribution in [0.5, 0.6) is 0 Å². The Labute approximate surface area is 104 Å². The largest absolute Gasteiger partial charge is 0.478 e. The molecule has 18 heavy (non-hydrogen) atoms. The van der Waals surface area contributed by atoms with E-state index in [-0.39, 0.29) is 0 Å². The highest BCUT2D eigenvalue weighted by atomic mass is 16.4. The molecule has 0 aliphatic rings. The van der Waals surface area contributed by atoms with Gasteiger partial charge in [0.05, 0.1) is 0 Å². The monoisotopic (exact) mass is 243 g/mol. The van der Waals surface area contributed by atoms with Crippen LogP contribution in [-0.2, 0) is 4.79 Å². The molecule has 1 heterocycles. The van der Waals surface area contributed by atoms with Crippen molar-refractivity contribution in [3.63, 3.8) is 0 Å². The Bertz CT molecular complexity index is 611. The van der Waals surface area contributed by atoms with Crippen molar-refractivity contribution < 1.29 is 14.3 Å². The second-order valence-corrected chi connectivity index (χ2v) is 3.96. The minimum absolute atomic E-state index is 0.479. The second kappa shape index (κ2) is 4.79. The van der Waals surface area contributed by atoms with Gasteiger partial charge in [0.25, 0.3) is 0 Å². The van der Waals surface area contributed by atoms with Crippen LogP contribution in [0.15, 0.2) is 40.8 Å². The summed E-state index contributed by atoms with van der Waals surface area (Å²) in [5, 5.41) is 8.52. The van der Waals surface area contributed by atoms with Crippen molar-refractivity contribution >= 4 is 17.7 Å². The van der Waals surface area contributed by atoms with Gasteiger partial charge in [0.2, 0.25) is 0 Å². The molecule has 0 aliphatic carbocycles. The number of carboxylic acid groups (broad SMARTS) is 1. The quantitative estimate of drug-likeness (QED) is 0.641. The van der Waals surface area contributed by atoms with Crippen molar-refractivity contribution in [2.75, 3.05) is 5.73 Å². The maximum absolute atomic E-state index is 10.4. The van der Waals surface area contributed by atoms with Crippen LogP contribution in [0, 0.1) is 6.92 Å². The topological polar surface area (TPSA) is 76.5 Å². The molecular formula is C14H13NO3. The average Bonchev–Trinajstić information content (AvgIpc) is 2.75. The lowest BCUT2D eigenvalue weighted by Gasteiger charge is -2.03. The van der Waals surface area contributed by atoms with Gasteiger partial charge in [-0.2, -0.15) is 0 Å². The predicted octanol–water partition coefficient (Wildman–Crippen LogP) is 2.94. The molecule has 4 heteroatoms. The summed E-state index contributed by atoms with van der Waals surface area (Å²) in [5.74, 6) is 0.0905. The first kappa shape index (κ1) is 12.0. The van der Waals surface area contributed by atoms with Crippen LogP contribution in [0.1, 0.15) is 11.3 Å². The minimum Gasteiger partial charge on any atom is -0.478 e. The number of carbonyl (C=O) groups is 1. The number of hydrogen-bond acceptors (Lipinski definition) is 3. The Morgan fingerprint density at radius 1 is 1.33 bits per heavy atom. The molecule has 1 aromatic heterocycles. The number of hydrogen-bond donors (Lipinski definition) is 2. The van der Waals surface area contributed by atoms with Crippen LogP contribution in [0.2, 0.25) is 0 Å². The zero-order chi connectivity index (χ0) is 13.1. The molecule has 0 spiro atoms. The fraction of sp³-hybridized carbons (Fsp3) is 0.0714. The highest BCUT2D eigenvalue weighted by molar-refractivity contribution is 5.85. The van der Waals surface area contributed by atoms with E-state index in [9.17, 15) is 4.79 Å². The minimum atomic E-state index is -1.01. The first-order valence-corrected chi connectivity index (χ1v) is 5.43. The van der Waals surface area contributed by atoms with Crippen molar-refractivity contribution in [2.45, 2.75) is 6.92 Å². The van der Waals surface area contributed by atoms with Gasteiger partial charge < -0.3 is 15.3 Å². The highest BCUT2D eigenvalue weighted by Crippen LogP contribution is 2.28. The molecule has 2 aromatic rings. The van der Waals surface area contributed by atoms with Crippen molar-refractivity contribution in [2.24, 2.45) is 0 Å². The molecule has 0 aliphatic heterocycles. The normalized spacial score (nSPS) is 10.9. The number of aliphatic carboxylic acids is 1. The van der Waals surface area contributed by atoms with Crippen molar-refractivity contribution in [1.82, 2.24) is 0 Å². The highest BCUT2D eigenvalue weighted by Gasteiger charge is 2.07. The first-order valence-electron chi connectivity index (χ1n) is 5.43. The third-order valence-corrected chi connectivity index (χ3v) is 2.49. The van der Waals surface area contributed by atoms with Gasteiger partial charge in [-0.05, 0) is 42.8 Å². The standard InChI is InChI=1S/C14H13NO3/c1-9-2-5-11(12(15)8-9)13-6-3-10(18-13)4-7-14(16)17/h2-8H,15H2,1H3,(H,16,17). The first-order chi connectivity index (χ1) is 8.56. The lowest BCUT2D eigenvalue weighted by Crippen LogP contribution is -1.89. The third kappa shape index (κ3) is 2.60. The summed E-state index contributed by atoms with van der Waals surface area (Å²) < 4.78 is 5.51. The van der Waals surface area contributed by atoms with E-state index in [0.717, 1.165) is 17.2 Å². The molecule has 0 unspecified atom stereocenters. The number of aryl methyl sites for hydroxylation is 1. The van der Waals surface area contributed by atoms with Gasteiger partial charge in [0, 0.05) is 17.3 Å². The lowest BCUT2D eigenvalue weighted by molar-refractivity contribution is -0.131. The molecule has 0 bridgehead atoms. The van der Waals surface area contributed by atoms with E-state index in [1.54, 1.807) is 12.1 Å². The Morgan fingerprint density at radius 2 is 2.11 bits per heavy atom. The summed E-state index contributed by atoms with van der Waals surface area (Å²) in [6.45, 7) is 1.96. The summed E-state index contributed by atoms with van der Waals surface area (Å²) in [5.41, 5.74) is 8.43. The number of benzene rings is 1. The molecule has 0 fully saturated rings.